The van der Waals surface area contributed by atoms with E-state index in [1.54, 1.807) is 33.1 Å². The van der Waals surface area contributed by atoms with Gasteiger partial charge in [0, 0.05) is 11.1 Å². The minimum Gasteiger partial charge on any atom is -0.545 e. The van der Waals surface area contributed by atoms with Gasteiger partial charge in [0.15, 0.2) is 0 Å². The van der Waals surface area contributed by atoms with Gasteiger partial charge in [-0.3, -0.25) is 0 Å². The number of hydrogen-bond donors (Lipinski definition) is 0. The minimum atomic E-state index is -1.19. The first-order chi connectivity index (χ1) is 16.0. The Kier molecular flexibility index (Phi) is 12.2. The average Bonchev–Trinajstić information content (AvgIpc) is 3.48. The third-order valence-electron chi connectivity index (χ3n) is 4.40. The van der Waals surface area contributed by atoms with Crippen LogP contribution in [0.1, 0.15) is 60.2 Å². The molecule has 0 aliphatic heterocycles. The standard InChI is InChI=1S/2C7H4N2O2S.2C4H9.Sn/c2*10-7(11)4-2-1-3-5-6(4)12-9-8-5;2*1-3-4-2;/h2*1-3H,(H,10,11);2*1,3-4H2,2H3;/q;;;;+2/p-2. The molecule has 0 bridgehead atoms. The van der Waals surface area contributed by atoms with E-state index < -0.39 is 11.9 Å². The van der Waals surface area contributed by atoms with Crippen LogP contribution in [0.2, 0.25) is 8.87 Å². The molecule has 0 atom stereocenters. The molecule has 172 valence electrons. The smallest absolute Gasteiger partial charge is 0.106 e. The summed E-state index contributed by atoms with van der Waals surface area (Å²) in [6, 6.07) is 9.63. The van der Waals surface area contributed by atoms with Crippen molar-refractivity contribution in [3.63, 3.8) is 0 Å². The molecule has 4 aromatic rings. The maximum atomic E-state index is 10.6. The number of aromatic nitrogens is 4. The van der Waals surface area contributed by atoms with Crippen LogP contribution in [-0.4, -0.2) is 52.3 Å². The fourth-order valence-corrected chi connectivity index (χ4v) is 8.14. The van der Waals surface area contributed by atoms with Gasteiger partial charge in [-0.25, -0.2) is 0 Å². The van der Waals surface area contributed by atoms with Crippen LogP contribution in [0.5, 0.6) is 0 Å². The van der Waals surface area contributed by atoms with Crippen molar-refractivity contribution in [3.8, 4) is 0 Å². The number of unbranched alkanes of at least 4 members (excludes halogenated alkanes) is 2. The fraction of sp³-hybridized carbons (Fsp3) is 0.364. The molecule has 0 aliphatic carbocycles. The van der Waals surface area contributed by atoms with Crippen molar-refractivity contribution in [2.75, 3.05) is 0 Å². The van der Waals surface area contributed by atoms with Crippen molar-refractivity contribution < 1.29 is 19.8 Å². The van der Waals surface area contributed by atoms with Crippen LogP contribution in [0, 0.1) is 0 Å². The van der Waals surface area contributed by atoms with E-state index in [1.165, 1.54) is 37.8 Å². The molecule has 11 heteroatoms. The molecule has 8 nitrogen and oxygen atoms in total. The molecule has 0 N–H and O–H groups in total. The van der Waals surface area contributed by atoms with Gasteiger partial charge in [-0.1, -0.05) is 33.2 Å². The molecule has 0 saturated carbocycles. The maximum Gasteiger partial charge on any atom is 0.106 e. The normalized spacial score (nSPS) is 10.0. The Morgan fingerprint density at radius 2 is 1.21 bits per heavy atom. The zero-order valence-corrected chi connectivity index (χ0v) is 22.9. The fourth-order valence-electron chi connectivity index (χ4n) is 2.66. The third-order valence-corrected chi connectivity index (χ3v) is 9.99. The first-order valence-corrected chi connectivity index (χ1v) is 16.1. The van der Waals surface area contributed by atoms with E-state index in [0.29, 0.717) is 20.4 Å². The number of carbonyl (C=O) groups is 2. The van der Waals surface area contributed by atoms with E-state index in [4.69, 9.17) is 0 Å². The molecule has 0 amide bonds. The molecule has 0 saturated heterocycles. The predicted octanol–water partition coefficient (Wildman–Crippen LogP) is 3.24. The summed E-state index contributed by atoms with van der Waals surface area (Å²) in [6.45, 7) is 4.58. The number of carbonyl (C=O) groups excluding carboxylic acids is 2. The van der Waals surface area contributed by atoms with Gasteiger partial charge in [-0.05, 0) is 35.2 Å². The Balaban J connectivity index is 0.000000178. The monoisotopic (exact) mass is 592 g/mol. The Morgan fingerprint density at radius 1 is 0.788 bits per heavy atom. The minimum absolute atomic E-state index is 0.149. The summed E-state index contributed by atoms with van der Waals surface area (Å²) >= 11 is 2.27. The van der Waals surface area contributed by atoms with E-state index in [2.05, 4.69) is 33.0 Å². The summed E-state index contributed by atoms with van der Waals surface area (Å²) in [7, 11) is 0. The molecule has 0 spiro atoms. The van der Waals surface area contributed by atoms with Gasteiger partial charge in [-0.15, -0.1) is 10.2 Å². The van der Waals surface area contributed by atoms with E-state index in [9.17, 15) is 19.8 Å². The van der Waals surface area contributed by atoms with E-state index in [-0.39, 0.29) is 32.3 Å². The average molecular weight is 591 g/mol. The van der Waals surface area contributed by atoms with Gasteiger partial charge < -0.3 is 19.8 Å². The van der Waals surface area contributed by atoms with Gasteiger partial charge in [0.2, 0.25) is 0 Å². The van der Waals surface area contributed by atoms with Crippen LogP contribution >= 0.6 is 23.1 Å². The van der Waals surface area contributed by atoms with Crippen molar-refractivity contribution in [1.29, 1.82) is 0 Å². The largest absolute Gasteiger partial charge is 0.545 e. The Morgan fingerprint density at radius 3 is 1.58 bits per heavy atom. The molecular weight excluding hydrogens is 567 g/mol. The number of carboxylic acids is 2. The molecule has 0 unspecified atom stereocenters. The summed E-state index contributed by atoms with van der Waals surface area (Å²) in [5, 5.41) is 28.6. The number of carboxylic acid groups (broad SMARTS) is 2. The summed E-state index contributed by atoms with van der Waals surface area (Å²) in [6.07, 6.45) is 5.84. The summed E-state index contributed by atoms with van der Waals surface area (Å²) in [4.78, 5) is 21.1. The van der Waals surface area contributed by atoms with Crippen LogP contribution in [0.4, 0.5) is 0 Å². The van der Waals surface area contributed by atoms with Crippen molar-refractivity contribution in [2.45, 2.75) is 48.4 Å². The van der Waals surface area contributed by atoms with Gasteiger partial charge in [-0.2, -0.15) is 0 Å². The second-order valence-corrected chi connectivity index (χ2v) is 12.7. The summed E-state index contributed by atoms with van der Waals surface area (Å²) < 4.78 is 11.7. The number of benzene rings is 2. The van der Waals surface area contributed by atoms with Crippen molar-refractivity contribution in [3.05, 3.63) is 47.5 Å². The third kappa shape index (κ3) is 8.59. The SMILES string of the molecule is CCC[CH2][Sn+2][CH2]CCC.O=C([O-])c1cccc2nnsc12.O=C([O-])c1cccc2nnsc12. The van der Waals surface area contributed by atoms with Crippen LogP contribution in [0.25, 0.3) is 20.4 Å². The van der Waals surface area contributed by atoms with Crippen molar-refractivity contribution in [1.82, 2.24) is 19.2 Å². The number of fused-ring (bicyclic) bond motifs is 2. The molecule has 0 aliphatic rings. The number of hydrogen-bond acceptors (Lipinski definition) is 10. The van der Waals surface area contributed by atoms with Gasteiger partial charge in [0.1, 0.15) is 11.0 Å². The maximum absolute atomic E-state index is 10.6. The van der Waals surface area contributed by atoms with Crippen molar-refractivity contribution >= 4 is 76.6 Å². The molecule has 4 rings (SSSR count). The molecule has 2 aromatic heterocycles. The Labute approximate surface area is 210 Å². The molecule has 33 heavy (non-hydrogen) atoms. The topological polar surface area (TPSA) is 132 Å². The van der Waals surface area contributed by atoms with Gasteiger partial charge in [0.05, 0.1) is 21.3 Å². The zero-order chi connectivity index (χ0) is 24.1. The zero-order valence-electron chi connectivity index (χ0n) is 18.4. The van der Waals surface area contributed by atoms with Crippen LogP contribution < -0.4 is 10.2 Å². The molecule has 2 heterocycles. The molecule has 0 radical (unpaired) electrons. The molecule has 2 aromatic carbocycles. The predicted molar refractivity (Wildman–Crippen MR) is 129 cm³/mol. The van der Waals surface area contributed by atoms with E-state index in [1.807, 2.05) is 0 Å². The van der Waals surface area contributed by atoms with Gasteiger partial charge in [0.25, 0.3) is 0 Å². The second kappa shape index (κ2) is 14.9. The van der Waals surface area contributed by atoms with Crippen LogP contribution in [-0.2, 0) is 0 Å². The first kappa shape index (κ1) is 27.1. The second-order valence-electron chi connectivity index (χ2n) is 6.89. The summed E-state index contributed by atoms with van der Waals surface area (Å²) in [5.41, 5.74) is 1.51. The van der Waals surface area contributed by atoms with Gasteiger partial charge >= 0.3 is 69.5 Å². The molecule has 0 fully saturated rings. The van der Waals surface area contributed by atoms with E-state index >= 15 is 0 Å². The molecular formula is C22H24N4O4S2Sn. The summed E-state index contributed by atoms with van der Waals surface area (Å²) in [5.74, 6) is -2.38. The van der Waals surface area contributed by atoms with Crippen LogP contribution in [0.3, 0.4) is 0 Å². The van der Waals surface area contributed by atoms with E-state index in [0.717, 1.165) is 23.1 Å². The first-order valence-electron chi connectivity index (χ1n) is 10.5. The quantitative estimate of drug-likeness (QED) is 0.226. The van der Waals surface area contributed by atoms with Crippen molar-refractivity contribution in [2.24, 2.45) is 0 Å². The number of nitrogens with zero attached hydrogens (tertiary/aromatic N) is 4. The number of aromatic carboxylic acids is 2. The Bertz CT molecular complexity index is 1080. The Hall–Kier alpha value is -2.18. The van der Waals surface area contributed by atoms with Crippen LogP contribution in [0.15, 0.2) is 36.4 Å². The number of rotatable bonds is 8.